The van der Waals surface area contributed by atoms with Crippen LogP contribution in [0, 0.1) is 20.8 Å². The van der Waals surface area contributed by atoms with Crippen molar-refractivity contribution in [3.8, 4) is 0 Å². The Morgan fingerprint density at radius 1 is 1.15 bits per heavy atom. The molecule has 11 heteroatoms. The van der Waals surface area contributed by atoms with Crippen molar-refractivity contribution < 1.29 is 9.53 Å². The van der Waals surface area contributed by atoms with Crippen LogP contribution in [-0.4, -0.2) is 56.8 Å². The van der Waals surface area contributed by atoms with Crippen molar-refractivity contribution in [3.05, 3.63) is 32.4 Å². The number of fused-ring (bicyclic) bond motifs is 1. The van der Waals surface area contributed by atoms with E-state index in [4.69, 9.17) is 4.74 Å². The number of hydrogen-bond acceptors (Lipinski definition) is 8. The Bertz CT molecular complexity index is 1080. The standard InChI is InChI=1S/C16H19N7O3S/c1-8-11(14(25)23-15(17-8)19-10(3)21-23)20-13(24)12-9(2)18-16(27-12)22-4-6-26-7-5-22/h4-7H2,1-3H3,(H,20,24)(H,17,19,21). The number of morpholine rings is 1. The Balaban J connectivity index is 1.64. The van der Waals surface area contributed by atoms with Gasteiger partial charge in [-0.25, -0.2) is 9.97 Å². The third kappa shape index (κ3) is 3.19. The summed E-state index contributed by atoms with van der Waals surface area (Å²) < 4.78 is 6.57. The first-order valence-electron chi connectivity index (χ1n) is 8.51. The summed E-state index contributed by atoms with van der Waals surface area (Å²) in [5, 5.41) is 6.30. The number of carbonyl (C=O) groups excluding carboxylic acids is 1. The molecule has 0 unspecified atom stereocenters. The van der Waals surface area contributed by atoms with E-state index < -0.39 is 5.56 Å². The van der Waals surface area contributed by atoms with Crippen molar-refractivity contribution in [3.63, 3.8) is 0 Å². The number of anilines is 2. The van der Waals surface area contributed by atoms with E-state index in [2.05, 4.69) is 30.3 Å². The molecule has 0 aliphatic carbocycles. The molecule has 4 rings (SSSR count). The topological polar surface area (TPSA) is 118 Å². The fourth-order valence-electron chi connectivity index (χ4n) is 2.92. The summed E-state index contributed by atoms with van der Waals surface area (Å²) in [6, 6.07) is 0. The van der Waals surface area contributed by atoms with Crippen molar-refractivity contribution in [2.75, 3.05) is 36.5 Å². The Morgan fingerprint density at radius 3 is 2.63 bits per heavy atom. The van der Waals surface area contributed by atoms with Crippen LogP contribution in [0.1, 0.15) is 26.9 Å². The first kappa shape index (κ1) is 17.6. The Labute approximate surface area is 158 Å². The smallest absolute Gasteiger partial charge is 0.298 e. The third-order valence-electron chi connectivity index (χ3n) is 4.30. The molecule has 0 bridgehead atoms. The summed E-state index contributed by atoms with van der Waals surface area (Å²) in [5.74, 6) is 0.468. The van der Waals surface area contributed by atoms with Crippen LogP contribution in [0.4, 0.5) is 10.8 Å². The molecule has 2 N–H and O–H groups in total. The highest BCUT2D eigenvalue weighted by atomic mass is 32.1. The highest BCUT2D eigenvalue weighted by molar-refractivity contribution is 7.17. The second kappa shape index (κ2) is 6.74. The molecule has 0 aromatic carbocycles. The Kier molecular flexibility index (Phi) is 4.40. The van der Waals surface area contributed by atoms with Gasteiger partial charge in [0.2, 0.25) is 0 Å². The molecule has 1 aliphatic rings. The molecule has 1 saturated heterocycles. The van der Waals surface area contributed by atoms with Crippen molar-refractivity contribution in [1.29, 1.82) is 0 Å². The van der Waals surface area contributed by atoms with Gasteiger partial charge in [-0.2, -0.15) is 9.50 Å². The van der Waals surface area contributed by atoms with E-state index in [1.165, 1.54) is 15.9 Å². The lowest BCUT2D eigenvalue weighted by Crippen LogP contribution is -2.36. The summed E-state index contributed by atoms with van der Waals surface area (Å²) in [4.78, 5) is 41.0. The van der Waals surface area contributed by atoms with Gasteiger partial charge in [-0.1, -0.05) is 11.3 Å². The molecule has 142 valence electrons. The van der Waals surface area contributed by atoms with Gasteiger partial charge in [0.25, 0.3) is 17.2 Å². The van der Waals surface area contributed by atoms with Gasteiger partial charge in [-0.3, -0.25) is 14.7 Å². The average molecular weight is 389 g/mol. The second-order valence-electron chi connectivity index (χ2n) is 6.29. The van der Waals surface area contributed by atoms with E-state index in [9.17, 15) is 9.59 Å². The van der Waals surface area contributed by atoms with Crippen LogP contribution >= 0.6 is 11.3 Å². The minimum Gasteiger partial charge on any atom is -0.378 e. The molecule has 3 aromatic heterocycles. The number of nitrogens with zero attached hydrogens (tertiary/aromatic N) is 5. The molecule has 0 spiro atoms. The Hall–Kier alpha value is -2.79. The summed E-state index contributed by atoms with van der Waals surface area (Å²) in [6.45, 7) is 7.96. The van der Waals surface area contributed by atoms with E-state index in [1.54, 1.807) is 20.8 Å². The lowest BCUT2D eigenvalue weighted by molar-refractivity contribution is 0.102. The number of nitrogens with one attached hydrogen (secondary N) is 2. The van der Waals surface area contributed by atoms with E-state index in [0.29, 0.717) is 35.3 Å². The number of aromatic nitrogens is 5. The fraction of sp³-hybridized carbons (Fsp3) is 0.438. The predicted octanol–water partition coefficient (Wildman–Crippen LogP) is 0.888. The molecule has 1 aliphatic heterocycles. The number of thiazole rings is 1. The van der Waals surface area contributed by atoms with Crippen LogP contribution in [0.2, 0.25) is 0 Å². The minimum absolute atomic E-state index is 0.127. The molecule has 3 aromatic rings. The number of hydrogen-bond donors (Lipinski definition) is 2. The lowest BCUT2D eigenvalue weighted by atomic mass is 10.3. The van der Waals surface area contributed by atoms with Gasteiger partial charge in [-0.15, -0.1) is 0 Å². The zero-order valence-electron chi connectivity index (χ0n) is 15.2. The average Bonchev–Trinajstić information content (AvgIpc) is 3.21. The van der Waals surface area contributed by atoms with Crippen LogP contribution < -0.4 is 15.8 Å². The van der Waals surface area contributed by atoms with E-state index in [1.807, 2.05) is 0 Å². The van der Waals surface area contributed by atoms with E-state index >= 15 is 0 Å². The number of aromatic amines is 1. The van der Waals surface area contributed by atoms with Crippen molar-refractivity contribution in [2.24, 2.45) is 0 Å². The van der Waals surface area contributed by atoms with Gasteiger partial charge in [0.1, 0.15) is 16.4 Å². The molecule has 0 saturated carbocycles. The van der Waals surface area contributed by atoms with Crippen LogP contribution in [-0.2, 0) is 4.74 Å². The van der Waals surface area contributed by atoms with E-state index in [-0.39, 0.29) is 17.4 Å². The number of aryl methyl sites for hydroxylation is 3. The highest BCUT2D eigenvalue weighted by Gasteiger charge is 2.22. The number of carbonyl (C=O) groups is 1. The SMILES string of the molecule is Cc1nc2nc(C)c(NC(=O)c3sc(N4CCOCC4)nc3C)c(=O)n2[nH]1. The Morgan fingerprint density at radius 2 is 1.89 bits per heavy atom. The molecule has 27 heavy (non-hydrogen) atoms. The molecule has 1 fully saturated rings. The maximum atomic E-state index is 12.8. The quantitative estimate of drug-likeness (QED) is 0.683. The van der Waals surface area contributed by atoms with Crippen LogP contribution in [0.3, 0.4) is 0 Å². The van der Waals surface area contributed by atoms with Gasteiger partial charge in [0, 0.05) is 13.1 Å². The van der Waals surface area contributed by atoms with Gasteiger partial charge in [0.15, 0.2) is 5.13 Å². The zero-order valence-corrected chi connectivity index (χ0v) is 16.0. The number of ether oxygens (including phenoxy) is 1. The normalized spacial score (nSPS) is 14.7. The van der Waals surface area contributed by atoms with Crippen molar-refractivity contribution >= 4 is 33.8 Å². The predicted molar refractivity (Wildman–Crippen MR) is 101 cm³/mol. The maximum Gasteiger partial charge on any atom is 0.298 e. The molecule has 0 radical (unpaired) electrons. The maximum absolute atomic E-state index is 12.8. The number of H-pyrrole nitrogens is 1. The van der Waals surface area contributed by atoms with Crippen LogP contribution in [0.5, 0.6) is 0 Å². The lowest BCUT2D eigenvalue weighted by Gasteiger charge is -2.25. The molecule has 0 atom stereocenters. The fourth-order valence-corrected chi connectivity index (χ4v) is 3.94. The third-order valence-corrected chi connectivity index (χ3v) is 5.52. The number of rotatable bonds is 3. The summed E-state index contributed by atoms with van der Waals surface area (Å²) in [6.07, 6.45) is 0. The van der Waals surface area contributed by atoms with Crippen LogP contribution in [0.15, 0.2) is 4.79 Å². The molecular formula is C16H19N7O3S. The summed E-state index contributed by atoms with van der Waals surface area (Å²) in [5.41, 5.74) is 0.766. The van der Waals surface area contributed by atoms with E-state index in [0.717, 1.165) is 18.2 Å². The van der Waals surface area contributed by atoms with Gasteiger partial charge in [-0.05, 0) is 20.8 Å². The molecule has 10 nitrogen and oxygen atoms in total. The highest BCUT2D eigenvalue weighted by Crippen LogP contribution is 2.27. The molecular weight excluding hydrogens is 370 g/mol. The second-order valence-corrected chi connectivity index (χ2v) is 7.26. The summed E-state index contributed by atoms with van der Waals surface area (Å²) >= 11 is 1.31. The number of amides is 1. The van der Waals surface area contributed by atoms with Gasteiger partial charge >= 0.3 is 0 Å². The summed E-state index contributed by atoms with van der Waals surface area (Å²) in [7, 11) is 0. The minimum atomic E-state index is -0.401. The van der Waals surface area contributed by atoms with Gasteiger partial charge in [0.05, 0.1) is 24.6 Å². The zero-order chi connectivity index (χ0) is 19.1. The monoisotopic (exact) mass is 389 g/mol. The van der Waals surface area contributed by atoms with Crippen molar-refractivity contribution in [2.45, 2.75) is 20.8 Å². The first-order valence-corrected chi connectivity index (χ1v) is 9.33. The largest absolute Gasteiger partial charge is 0.378 e. The molecule has 4 heterocycles. The van der Waals surface area contributed by atoms with Crippen molar-refractivity contribution in [1.82, 2.24) is 24.6 Å². The first-order chi connectivity index (χ1) is 12.9. The van der Waals surface area contributed by atoms with Gasteiger partial charge < -0.3 is 15.0 Å². The molecule has 1 amide bonds. The van der Waals surface area contributed by atoms with Crippen LogP contribution in [0.25, 0.3) is 5.78 Å².